The van der Waals surface area contributed by atoms with Gasteiger partial charge in [-0.05, 0) is 70.3 Å². The van der Waals surface area contributed by atoms with Crippen molar-refractivity contribution >= 4 is 35.3 Å². The summed E-state index contributed by atoms with van der Waals surface area (Å²) in [5.41, 5.74) is 0.566. The molecule has 15 heteroatoms. The highest BCUT2D eigenvalue weighted by Gasteiger charge is 2.75. The Morgan fingerprint density at radius 3 is 2.26 bits per heavy atom. The van der Waals surface area contributed by atoms with E-state index in [0.29, 0.717) is 33.6 Å². The van der Waals surface area contributed by atoms with Crippen molar-refractivity contribution in [2.75, 3.05) is 31.3 Å². The topological polar surface area (TPSA) is 198 Å². The average molecular weight is 877 g/mol. The Kier molecular flexibility index (Phi) is 12.9. The van der Waals surface area contributed by atoms with Crippen molar-refractivity contribution in [3.63, 3.8) is 0 Å². The summed E-state index contributed by atoms with van der Waals surface area (Å²) in [5.74, 6) is 2.33. The van der Waals surface area contributed by atoms with Crippen molar-refractivity contribution < 1.29 is 48.5 Å². The monoisotopic (exact) mass is 876 g/mol. The van der Waals surface area contributed by atoms with Gasteiger partial charge in [0.25, 0.3) is 5.69 Å². The number of hydrogen-bond donors (Lipinski definition) is 3. The molecule has 5 aromatic carbocycles. The summed E-state index contributed by atoms with van der Waals surface area (Å²) in [5, 5.41) is 33.5. The summed E-state index contributed by atoms with van der Waals surface area (Å²) >= 11 is 0. The molecule has 5 aromatic rings. The number of fused-ring (bicyclic) bond motifs is 3. The number of hydrogen-bond acceptors (Lipinski definition) is 12. The molecule has 0 aliphatic carbocycles. The minimum absolute atomic E-state index is 0.0359. The second-order valence-electron chi connectivity index (χ2n) is 15.6. The summed E-state index contributed by atoms with van der Waals surface area (Å²) in [6, 6.07) is 31.9. The maximum absolute atomic E-state index is 16.2. The van der Waals surface area contributed by atoms with Crippen LogP contribution in [0.15, 0.2) is 140 Å². The lowest BCUT2D eigenvalue weighted by Gasteiger charge is -2.46. The van der Waals surface area contributed by atoms with E-state index in [2.05, 4.69) is 23.7 Å². The fraction of sp³-hybridized carbons (Fsp3) is 0.240. The molecule has 3 aliphatic rings. The number of amides is 3. The third kappa shape index (κ3) is 8.10. The molecule has 3 N–H and O–H groups in total. The molecule has 2 fully saturated rings. The number of non-ortho nitro benzene ring substituents is 1. The standard InChI is InChI=1S/C50H44N4O11/c1-2-25-51-46(57)41-43-47(58)65-44(35-15-7-4-8-16-35)42(34-13-5-3-6-14-34)53(43)45(36-17-11-18-38(30-36)63-28-27-56)50(41)39-29-32(12-9-10-26-55)21-24-40(39)52(48(50)59)49(60)64-31-33-19-22-37(23-20-33)54(61)62/h2-8,11,13-24,29-30,41-45,55-56H,1,10,25-28,31H2,(H,51,57). The van der Waals surface area contributed by atoms with Crippen LogP contribution in [0.25, 0.3) is 0 Å². The van der Waals surface area contributed by atoms with Crippen LogP contribution in [0.2, 0.25) is 0 Å². The summed E-state index contributed by atoms with van der Waals surface area (Å²) < 4.78 is 18.2. The van der Waals surface area contributed by atoms with Gasteiger partial charge in [-0.1, -0.05) is 90.7 Å². The number of carbonyl (C=O) groups is 4. The summed E-state index contributed by atoms with van der Waals surface area (Å²) in [4.78, 5) is 74.7. The molecule has 3 amide bonds. The van der Waals surface area contributed by atoms with Crippen LogP contribution in [0.4, 0.5) is 16.2 Å². The first kappa shape index (κ1) is 44.0. The molecular formula is C50H44N4O11. The highest BCUT2D eigenvalue weighted by molar-refractivity contribution is 6.23. The Morgan fingerprint density at radius 2 is 1.58 bits per heavy atom. The Labute approximate surface area is 374 Å². The zero-order valence-corrected chi connectivity index (χ0v) is 34.9. The number of carbonyl (C=O) groups excluding carboxylic acids is 4. The molecule has 15 nitrogen and oxygen atoms in total. The lowest BCUT2D eigenvalue weighted by molar-refractivity contribution is -0.384. The Morgan fingerprint density at radius 1 is 0.877 bits per heavy atom. The number of rotatable bonds is 13. The highest BCUT2D eigenvalue weighted by Crippen LogP contribution is 2.66. The molecule has 0 bridgehead atoms. The minimum Gasteiger partial charge on any atom is -0.491 e. The van der Waals surface area contributed by atoms with E-state index in [1.807, 2.05) is 65.6 Å². The number of morpholine rings is 1. The number of imide groups is 1. The van der Waals surface area contributed by atoms with Crippen molar-refractivity contribution in [3.8, 4) is 17.6 Å². The van der Waals surface area contributed by atoms with E-state index in [-0.39, 0.29) is 56.3 Å². The van der Waals surface area contributed by atoms with Crippen molar-refractivity contribution in [2.45, 2.75) is 42.7 Å². The summed E-state index contributed by atoms with van der Waals surface area (Å²) in [7, 11) is 0. The first-order chi connectivity index (χ1) is 31.6. The molecule has 1 spiro atoms. The number of nitro groups is 1. The number of ether oxygens (including phenoxy) is 3. The van der Waals surface area contributed by atoms with Gasteiger partial charge in [0.15, 0.2) is 0 Å². The number of nitro benzene ring substituents is 1. The first-order valence-electron chi connectivity index (χ1n) is 20.9. The Balaban J connectivity index is 1.41. The van der Waals surface area contributed by atoms with Gasteiger partial charge < -0.3 is 29.7 Å². The number of cyclic esters (lactones) is 1. The van der Waals surface area contributed by atoms with E-state index in [1.54, 1.807) is 36.4 Å². The summed E-state index contributed by atoms with van der Waals surface area (Å²) in [6.07, 6.45) is -0.460. The van der Waals surface area contributed by atoms with Crippen LogP contribution < -0.4 is 15.0 Å². The number of nitrogens with one attached hydrogen (secondary N) is 1. The lowest BCUT2D eigenvalue weighted by atomic mass is 9.65. The number of aliphatic hydroxyl groups excluding tert-OH is 2. The van der Waals surface area contributed by atoms with Gasteiger partial charge in [-0.2, -0.15) is 0 Å². The fourth-order valence-electron chi connectivity index (χ4n) is 9.33. The maximum atomic E-state index is 16.2. The molecule has 8 rings (SSSR count). The molecule has 0 saturated carbocycles. The second kappa shape index (κ2) is 19.0. The molecule has 0 aromatic heterocycles. The van der Waals surface area contributed by atoms with E-state index < -0.39 is 64.4 Å². The predicted octanol–water partition coefficient (Wildman–Crippen LogP) is 6.00. The van der Waals surface area contributed by atoms with Crippen molar-refractivity contribution in [2.24, 2.45) is 5.92 Å². The van der Waals surface area contributed by atoms with Gasteiger partial charge >= 0.3 is 12.1 Å². The van der Waals surface area contributed by atoms with Crippen LogP contribution in [0.5, 0.6) is 5.75 Å². The summed E-state index contributed by atoms with van der Waals surface area (Å²) in [6.45, 7) is 2.81. The SMILES string of the molecule is C=CCNC(=O)C1C2C(=O)OC(c3ccccc3)C(c3ccccc3)N2C(c2cccc(OCCO)c2)C12C(=O)N(C(=O)OCc1ccc([N+](=O)[O-])cc1)c1ccc(C#CCCO)cc12. The number of nitrogens with zero attached hydrogens (tertiary/aromatic N) is 3. The molecule has 6 atom stereocenters. The van der Waals surface area contributed by atoms with E-state index in [9.17, 15) is 25.1 Å². The van der Waals surface area contributed by atoms with E-state index in [1.165, 1.54) is 36.4 Å². The molecular weight excluding hydrogens is 833 g/mol. The number of anilines is 1. The average Bonchev–Trinajstić information content (AvgIpc) is 3.79. The van der Waals surface area contributed by atoms with Crippen molar-refractivity contribution in [1.29, 1.82) is 0 Å². The number of esters is 1. The normalized spacial score (nSPS) is 21.9. The lowest BCUT2D eigenvalue weighted by Crippen LogP contribution is -2.55. The molecule has 2 saturated heterocycles. The molecule has 3 aliphatic heterocycles. The van der Waals surface area contributed by atoms with E-state index >= 15 is 14.4 Å². The van der Waals surface area contributed by atoms with E-state index in [4.69, 9.17) is 14.2 Å². The van der Waals surface area contributed by atoms with Gasteiger partial charge in [-0.15, -0.1) is 6.58 Å². The third-order valence-electron chi connectivity index (χ3n) is 11.9. The second-order valence-corrected chi connectivity index (χ2v) is 15.6. The zero-order valence-electron chi connectivity index (χ0n) is 34.9. The van der Waals surface area contributed by atoms with Gasteiger partial charge in [0.2, 0.25) is 11.8 Å². The van der Waals surface area contributed by atoms with Crippen LogP contribution in [-0.2, 0) is 35.9 Å². The quantitative estimate of drug-likeness (QED) is 0.0411. The van der Waals surface area contributed by atoms with Gasteiger partial charge in [0.1, 0.15) is 36.5 Å². The van der Waals surface area contributed by atoms with Crippen LogP contribution >= 0.6 is 0 Å². The van der Waals surface area contributed by atoms with Crippen molar-refractivity contribution in [1.82, 2.24) is 10.2 Å². The van der Waals surface area contributed by atoms with Gasteiger partial charge in [-0.25, -0.2) is 9.69 Å². The maximum Gasteiger partial charge on any atom is 0.421 e. The smallest absolute Gasteiger partial charge is 0.421 e. The highest BCUT2D eigenvalue weighted by atomic mass is 16.6. The minimum atomic E-state index is -2.11. The first-order valence-corrected chi connectivity index (χ1v) is 20.9. The molecule has 0 radical (unpaired) electrons. The molecule has 330 valence electrons. The largest absolute Gasteiger partial charge is 0.491 e. The fourth-order valence-corrected chi connectivity index (χ4v) is 9.33. The zero-order chi connectivity index (χ0) is 45.7. The molecule has 65 heavy (non-hydrogen) atoms. The van der Waals surface area contributed by atoms with Crippen LogP contribution in [0, 0.1) is 27.9 Å². The number of aliphatic hydroxyl groups is 2. The van der Waals surface area contributed by atoms with Crippen LogP contribution in [0.1, 0.15) is 58.0 Å². The van der Waals surface area contributed by atoms with Crippen LogP contribution in [0.3, 0.4) is 0 Å². The van der Waals surface area contributed by atoms with Gasteiger partial charge in [0, 0.05) is 30.7 Å². The van der Waals surface area contributed by atoms with Crippen molar-refractivity contribution in [3.05, 3.63) is 184 Å². The van der Waals surface area contributed by atoms with Gasteiger partial charge in [0.05, 0.1) is 41.8 Å². The van der Waals surface area contributed by atoms with E-state index in [0.717, 1.165) is 4.90 Å². The Bertz CT molecular complexity index is 2680. The van der Waals surface area contributed by atoms with Gasteiger partial charge in [-0.3, -0.25) is 29.4 Å². The Hall–Kier alpha value is -7.64. The third-order valence-corrected chi connectivity index (χ3v) is 11.9. The predicted molar refractivity (Wildman–Crippen MR) is 236 cm³/mol. The molecule has 3 heterocycles. The molecule has 6 unspecified atom stereocenters. The van der Waals surface area contributed by atoms with Crippen LogP contribution in [-0.4, -0.2) is 76.3 Å². The number of benzene rings is 5.